The first-order chi connectivity index (χ1) is 68.1. The second kappa shape index (κ2) is 39.0. The Balaban J connectivity index is 0.000000106. The minimum atomic E-state index is -4.11. The van der Waals surface area contributed by atoms with Gasteiger partial charge in [-0.25, -0.2) is 34.4 Å². The van der Waals surface area contributed by atoms with Crippen LogP contribution in [0.3, 0.4) is 0 Å². The number of aromatic nitrogens is 15. The molecule has 0 amide bonds. The maximum absolute atomic E-state index is 13.1. The highest BCUT2D eigenvalue weighted by Crippen LogP contribution is 2.64. The summed E-state index contributed by atoms with van der Waals surface area (Å²) in [5.41, 5.74) is 16.8. The van der Waals surface area contributed by atoms with E-state index < -0.39 is 58.4 Å². The van der Waals surface area contributed by atoms with E-state index in [0.29, 0.717) is 100 Å². The van der Waals surface area contributed by atoms with Crippen LogP contribution < -0.4 is 43.6 Å². The van der Waals surface area contributed by atoms with Crippen molar-refractivity contribution in [3.63, 3.8) is 0 Å². The maximum atomic E-state index is 13.1. The van der Waals surface area contributed by atoms with E-state index in [-0.39, 0.29) is 60.9 Å². The fourth-order valence-corrected chi connectivity index (χ4v) is 30.8. The summed E-state index contributed by atoms with van der Waals surface area (Å²) in [5.74, 6) is 13.7. The quantitative estimate of drug-likeness (QED) is 0.0316. The van der Waals surface area contributed by atoms with Crippen molar-refractivity contribution < 1.29 is 74.9 Å². The smallest absolute Gasteiger partial charge is 0.391 e. The van der Waals surface area contributed by atoms with Crippen LogP contribution in [0, 0.1) is 86.8 Å². The van der Waals surface area contributed by atoms with E-state index in [0.717, 1.165) is 192 Å². The van der Waals surface area contributed by atoms with Gasteiger partial charge in [0.15, 0.2) is 43.9 Å². The monoisotopic (exact) mass is 2050 g/mol. The van der Waals surface area contributed by atoms with Gasteiger partial charge in [-0.1, -0.05) is 53.0 Å². The predicted molar refractivity (Wildman–Crippen MR) is 535 cm³/mol. The van der Waals surface area contributed by atoms with E-state index >= 15 is 0 Å². The number of anilines is 4. The number of hydrogen-bond acceptors (Lipinski definition) is 24. The standard InChI is InChI=1S/C24H31N3O3S.C22H30FN5O3S.C20H28N4O.C18H23F3N4O3S.C18H26N4O3S/c1-31(28,29)14-23-26-25-22-9-21(20(13-27(22)23)19-4-2-3-5-19)30-15-24-10-16-6-17(11-24)8-18(7-16)12-24;1-2-17-10-28-20(24-25-21(28)26-32(29,30)27-11-18(23)12-27)6-19(17)31-13-22-7-14-3-15(8-22)5-16(4-14)9-22;1-12(2)16-10-24-18(22-23-19(24)21)6-17(16)25-11-20-7-13-3-14(8-20)5-15(4-13)9-20;1-29(26,27)24-17-23-22-16-8-15(14(9-25(16)17)12-4-5-12)28-10-11-2-6-13(7-3-11)18(19,20)21;1-18(8-4-3-5-9-18)12-25-15-10-16-19-20-17(21-26(2,23)24)22(16)11-14(15)13-6-7-13/h4,9,13,16-18H,2-3,5-8,10-12,14-15H2,1H3;6,10,14-16,18H,2-5,7-9,11-13H2,1H3,(H,25,26);6,10,12-15H,3-5,7-9,11H2,1-2H3,(H2,21,23);8-9,11-13H,2-7,10H2,1H3,(H,23,24);10-11,13H,3-9,12H2,1-2H3,(H,20,21). The highest BCUT2D eigenvalue weighted by Gasteiger charge is 2.55. The molecule has 0 aromatic carbocycles. The zero-order valence-corrected chi connectivity index (χ0v) is 86.4. The molecule has 10 aromatic heterocycles. The molecule has 0 radical (unpaired) electrons. The van der Waals surface area contributed by atoms with Gasteiger partial charge in [-0.15, -0.1) is 51.0 Å². The number of ether oxygens (including phenoxy) is 5. The summed E-state index contributed by atoms with van der Waals surface area (Å²) in [6.45, 7) is 12.0. The molecule has 28 rings (SSSR count). The SMILES string of the molecule is CC(C)c1cn2c(N)nnc2cc1OCC12CC3CC(CC(C3)C1)C2.CC1(COc2cc3nnc(NS(C)(=O)=O)n3cc2C2CC2)CCCCC1.CCc1cn2c(NS(=O)(=O)N3CC(F)C3)nnc2cc1OCC12CC3CC(CC(C3)C1)C2.CS(=O)(=O)Cc1nnc2cc(OCC34CC5CC(CC(C5)C3)C4)c(C3=CCCC3)cn12.CS(=O)(=O)Nc1nnc2cc(OCC3CCC(C(F)(F)F)CC3)c(C3CC3)cn12. The molecule has 41 heteroatoms. The van der Waals surface area contributed by atoms with Crippen LogP contribution in [0.5, 0.6) is 28.7 Å². The topological polar surface area (TPSA) is 399 Å². The molecule has 1 aliphatic heterocycles. The van der Waals surface area contributed by atoms with Gasteiger partial charge in [-0.2, -0.15) is 25.9 Å². The number of rotatable bonds is 29. The number of alkyl halides is 4. The summed E-state index contributed by atoms with van der Waals surface area (Å²) in [6.07, 6.45) is 50.9. The summed E-state index contributed by atoms with van der Waals surface area (Å²) in [6, 6.07) is 9.44. The van der Waals surface area contributed by atoms with E-state index in [1.807, 2.05) is 57.9 Å². The molecule has 143 heavy (non-hydrogen) atoms. The van der Waals surface area contributed by atoms with Crippen LogP contribution in [-0.4, -0.2) is 188 Å². The largest absolute Gasteiger partial charge is 0.493 e. The lowest BCUT2D eigenvalue weighted by molar-refractivity contribution is -0.184. The van der Waals surface area contributed by atoms with Crippen LogP contribution in [0.2, 0.25) is 0 Å². The van der Waals surface area contributed by atoms with Crippen molar-refractivity contribution in [1.82, 2.24) is 77.3 Å². The second-order valence-electron chi connectivity index (χ2n) is 46.7. The lowest BCUT2D eigenvalue weighted by Gasteiger charge is -2.56. The number of nitrogens with two attached hydrogens (primary N) is 1. The number of nitrogens with one attached hydrogen (secondary N) is 3. The predicted octanol–water partition coefficient (Wildman–Crippen LogP) is 18.7. The van der Waals surface area contributed by atoms with Gasteiger partial charge >= 0.3 is 16.4 Å². The third kappa shape index (κ3) is 22.5. The van der Waals surface area contributed by atoms with Crippen LogP contribution in [-0.2, 0) is 52.3 Å². The molecule has 33 nitrogen and oxygen atoms in total. The third-order valence-electron chi connectivity index (χ3n) is 34.0. The van der Waals surface area contributed by atoms with Gasteiger partial charge in [-0.05, 0) is 288 Å². The van der Waals surface area contributed by atoms with Gasteiger partial charge in [0.25, 0.3) is 0 Å². The molecule has 5 N–H and O–H groups in total. The first kappa shape index (κ1) is 99.5. The van der Waals surface area contributed by atoms with Crippen molar-refractivity contribution in [2.45, 2.75) is 288 Å². The molecular formula is C102H138F4N20O13S4. The number of fused-ring (bicyclic) bond motifs is 5. The average molecular weight is 2060 g/mol. The minimum absolute atomic E-state index is 0.0946. The molecule has 1 saturated heterocycles. The van der Waals surface area contributed by atoms with Gasteiger partial charge in [0, 0.05) is 130 Å². The van der Waals surface area contributed by atoms with Gasteiger partial charge in [0.2, 0.25) is 43.8 Å². The Morgan fingerprint density at radius 1 is 0.469 bits per heavy atom. The number of allylic oxidation sites excluding steroid dienone is 2. The second-order valence-corrected chi connectivity index (χ2v) is 54.1. The molecule has 776 valence electrons. The molecule has 12 bridgehead atoms. The summed E-state index contributed by atoms with van der Waals surface area (Å²) < 4.78 is 195. The van der Waals surface area contributed by atoms with E-state index in [1.165, 1.54) is 165 Å². The minimum Gasteiger partial charge on any atom is -0.493 e. The van der Waals surface area contributed by atoms with Crippen LogP contribution in [0.1, 0.15) is 297 Å². The summed E-state index contributed by atoms with van der Waals surface area (Å²) in [5, 5.41) is 40.7. The van der Waals surface area contributed by atoms with Crippen LogP contribution in [0.4, 0.5) is 41.4 Å². The molecule has 0 atom stereocenters. The highest BCUT2D eigenvalue weighted by atomic mass is 32.2. The molecule has 17 aliphatic carbocycles. The maximum Gasteiger partial charge on any atom is 0.391 e. The van der Waals surface area contributed by atoms with Crippen LogP contribution >= 0.6 is 0 Å². The van der Waals surface area contributed by atoms with Crippen LogP contribution in [0.25, 0.3) is 33.8 Å². The van der Waals surface area contributed by atoms with E-state index in [9.17, 15) is 51.2 Å². The number of pyridine rings is 5. The molecule has 18 aliphatic rings. The third-order valence-corrected chi connectivity index (χ3v) is 37.4. The summed E-state index contributed by atoms with van der Waals surface area (Å²) in [4.78, 5) is 0. The lowest BCUT2D eigenvalue weighted by Crippen LogP contribution is -2.53. The number of nitrogens with zero attached hydrogens (tertiary/aromatic N) is 16. The molecule has 11 heterocycles. The number of aryl methyl sites for hydroxylation is 1. The Morgan fingerprint density at radius 3 is 1.34 bits per heavy atom. The van der Waals surface area contributed by atoms with Crippen molar-refractivity contribution in [3.05, 3.63) is 101 Å². The molecule has 0 unspecified atom stereocenters. The molecule has 0 spiro atoms. The first-order valence-corrected chi connectivity index (χ1v) is 59.5. The van der Waals surface area contributed by atoms with Gasteiger partial charge < -0.3 is 29.4 Å². The Kier molecular flexibility index (Phi) is 27.1. The molecule has 16 saturated carbocycles. The number of halogens is 4. The fourth-order valence-electron chi connectivity index (χ4n) is 28.0. The highest BCUT2D eigenvalue weighted by molar-refractivity contribution is 7.92. The molecule has 17 fully saturated rings. The van der Waals surface area contributed by atoms with Gasteiger partial charge in [0.1, 0.15) is 40.7 Å². The fraction of sp³-hybridized carbons (Fsp3) is 0.686. The van der Waals surface area contributed by atoms with Crippen molar-refractivity contribution in [1.29, 1.82) is 0 Å². The molecular weight excluding hydrogens is 1920 g/mol. The van der Waals surface area contributed by atoms with Crippen LogP contribution in [0.15, 0.2) is 67.4 Å². The first-order valence-electron chi connectivity index (χ1n) is 52.2. The normalized spacial score (nSPS) is 28.4. The lowest BCUT2D eigenvalue weighted by atomic mass is 9.50. The van der Waals surface area contributed by atoms with Gasteiger partial charge in [-0.3, -0.25) is 31.4 Å². The van der Waals surface area contributed by atoms with Crippen molar-refractivity contribution in [2.24, 2.45) is 86.8 Å². The number of sulfonamides is 2. The Morgan fingerprint density at radius 2 is 0.888 bits per heavy atom. The number of nitrogen functional groups attached to an aromatic ring is 1. The number of sulfone groups is 1. The Labute approximate surface area is 834 Å². The number of hydrogen-bond donors (Lipinski definition) is 4. The molecule has 10 aromatic rings. The van der Waals surface area contributed by atoms with Crippen molar-refractivity contribution in [2.75, 3.05) is 84.8 Å². The van der Waals surface area contributed by atoms with E-state index in [2.05, 4.69) is 98.9 Å². The van der Waals surface area contributed by atoms with Crippen molar-refractivity contribution >= 4 is 97.7 Å². The zero-order chi connectivity index (χ0) is 99.7. The van der Waals surface area contributed by atoms with E-state index in [4.69, 9.17) is 29.4 Å². The Bertz CT molecular complexity index is 6810. The zero-order valence-electron chi connectivity index (χ0n) is 83.1. The Hall–Kier alpha value is -9.48. The average Bonchev–Trinajstić information content (AvgIpc) is 1.76. The van der Waals surface area contributed by atoms with Gasteiger partial charge in [0.05, 0.1) is 51.5 Å². The van der Waals surface area contributed by atoms with E-state index in [1.54, 1.807) is 25.5 Å². The summed E-state index contributed by atoms with van der Waals surface area (Å²) in [7, 11) is -13.9. The van der Waals surface area contributed by atoms with Crippen molar-refractivity contribution in [3.8, 4) is 28.7 Å². The summed E-state index contributed by atoms with van der Waals surface area (Å²) >= 11 is 0.